The molecule has 4 amide bonds. The highest BCUT2D eigenvalue weighted by Gasteiger charge is 2.49. The third kappa shape index (κ3) is 4.50. The lowest BCUT2D eigenvalue weighted by Crippen LogP contribution is -2.44. The molecule has 0 spiro atoms. The fraction of sp³-hybridized carbons (Fsp3) is 0.238. The summed E-state index contributed by atoms with van der Waals surface area (Å²) in [7, 11) is 0. The van der Waals surface area contributed by atoms with E-state index in [1.54, 1.807) is 43.3 Å². The summed E-state index contributed by atoms with van der Waals surface area (Å²) >= 11 is 7.35. The molecule has 1 aromatic carbocycles. The van der Waals surface area contributed by atoms with Gasteiger partial charge in [0.2, 0.25) is 5.91 Å². The zero-order valence-electron chi connectivity index (χ0n) is 17.6. The molecular formula is C21H20ClN7O3S. The van der Waals surface area contributed by atoms with Gasteiger partial charge in [-0.05, 0) is 47.2 Å². The van der Waals surface area contributed by atoms with E-state index < -0.39 is 17.5 Å². The molecule has 0 saturated carbocycles. The van der Waals surface area contributed by atoms with Gasteiger partial charge in [-0.25, -0.2) is 9.48 Å². The fourth-order valence-corrected chi connectivity index (χ4v) is 4.65. The van der Waals surface area contributed by atoms with Crippen LogP contribution in [0.2, 0.25) is 4.34 Å². The Bertz CT molecular complexity index is 1210. The molecule has 3 heterocycles. The van der Waals surface area contributed by atoms with E-state index in [9.17, 15) is 14.4 Å². The molecule has 0 bridgehead atoms. The average molecular weight is 486 g/mol. The Morgan fingerprint density at radius 1 is 1.33 bits per heavy atom. The van der Waals surface area contributed by atoms with Crippen molar-refractivity contribution in [3.63, 3.8) is 0 Å². The number of halogens is 1. The van der Waals surface area contributed by atoms with Crippen LogP contribution < -0.4 is 5.32 Å². The summed E-state index contributed by atoms with van der Waals surface area (Å²) in [6, 6.07) is 9.90. The minimum atomic E-state index is -1.34. The molecule has 12 heteroatoms. The first kappa shape index (κ1) is 22.6. The molecule has 10 nitrogen and oxygen atoms in total. The summed E-state index contributed by atoms with van der Waals surface area (Å²) in [5, 5.41) is 13.8. The second-order valence-electron chi connectivity index (χ2n) is 7.52. The molecule has 1 saturated heterocycles. The summed E-state index contributed by atoms with van der Waals surface area (Å²) in [6.07, 6.45) is 3.02. The zero-order valence-corrected chi connectivity index (χ0v) is 19.2. The van der Waals surface area contributed by atoms with Crippen LogP contribution in [0.15, 0.2) is 55.4 Å². The SMILES string of the molecule is C=CCN(Cc1ccc(Cl)s1)C(=O)CN1C(=O)N[C@](C)(c2cccc(-n3cnnn3)c2)C1=O. The lowest BCUT2D eigenvalue weighted by Gasteiger charge is -2.24. The van der Waals surface area contributed by atoms with Crippen LogP contribution in [0.5, 0.6) is 0 Å². The third-order valence-corrected chi connectivity index (χ3v) is 6.50. The number of hydrogen-bond acceptors (Lipinski definition) is 7. The lowest BCUT2D eigenvalue weighted by molar-refractivity contribution is -0.138. The van der Waals surface area contributed by atoms with Crippen molar-refractivity contribution in [1.29, 1.82) is 0 Å². The van der Waals surface area contributed by atoms with E-state index in [1.807, 2.05) is 6.07 Å². The number of hydrogen-bond donors (Lipinski definition) is 1. The maximum Gasteiger partial charge on any atom is 0.325 e. The highest BCUT2D eigenvalue weighted by molar-refractivity contribution is 7.16. The Labute approximate surface area is 198 Å². The van der Waals surface area contributed by atoms with E-state index in [0.717, 1.165) is 9.78 Å². The standard InChI is InChI=1S/C21H20ClN7O3S/c1-3-9-27(11-16-7-8-17(22)33-16)18(30)12-28-19(31)21(2,24-20(28)32)14-5-4-6-15(10-14)29-13-23-25-26-29/h3-8,10,13H,1,9,11-12H2,2H3,(H,24,32)/t21-/m1/s1. The average Bonchev–Trinajstić information content (AvgIpc) is 3.52. The van der Waals surface area contributed by atoms with Crippen molar-refractivity contribution in [2.75, 3.05) is 13.1 Å². The van der Waals surface area contributed by atoms with Gasteiger partial charge >= 0.3 is 6.03 Å². The van der Waals surface area contributed by atoms with Crippen molar-refractivity contribution in [3.8, 4) is 5.69 Å². The number of tetrazole rings is 1. The highest BCUT2D eigenvalue weighted by atomic mass is 35.5. The van der Waals surface area contributed by atoms with Gasteiger partial charge in [0, 0.05) is 11.4 Å². The molecule has 1 atom stereocenters. The van der Waals surface area contributed by atoms with Crippen molar-refractivity contribution in [1.82, 2.24) is 35.3 Å². The summed E-state index contributed by atoms with van der Waals surface area (Å²) in [5.74, 6) is -0.901. The number of rotatable bonds is 8. The van der Waals surface area contributed by atoms with Crippen LogP contribution in [0.25, 0.3) is 5.69 Å². The molecule has 1 aliphatic rings. The van der Waals surface area contributed by atoms with Gasteiger partial charge in [0.15, 0.2) is 0 Å². The topological polar surface area (TPSA) is 113 Å². The third-order valence-electron chi connectivity index (χ3n) is 5.28. The molecule has 33 heavy (non-hydrogen) atoms. The molecule has 1 N–H and O–H groups in total. The molecule has 0 aliphatic carbocycles. The maximum atomic E-state index is 13.3. The number of aromatic nitrogens is 4. The van der Waals surface area contributed by atoms with Gasteiger partial charge in [0.05, 0.1) is 16.6 Å². The first-order valence-electron chi connectivity index (χ1n) is 9.92. The van der Waals surface area contributed by atoms with Gasteiger partial charge in [-0.2, -0.15) is 0 Å². The summed E-state index contributed by atoms with van der Waals surface area (Å²) in [6.45, 7) is 5.47. The van der Waals surface area contributed by atoms with E-state index in [2.05, 4.69) is 27.4 Å². The Morgan fingerprint density at radius 3 is 2.82 bits per heavy atom. The first-order valence-corrected chi connectivity index (χ1v) is 11.1. The molecule has 1 aliphatic heterocycles. The molecular weight excluding hydrogens is 466 g/mol. The summed E-state index contributed by atoms with van der Waals surface area (Å²) in [5.41, 5.74) is -0.173. The quantitative estimate of drug-likeness (QED) is 0.387. The zero-order chi connectivity index (χ0) is 23.6. The van der Waals surface area contributed by atoms with Crippen LogP contribution in [0.1, 0.15) is 17.4 Å². The first-order chi connectivity index (χ1) is 15.8. The van der Waals surface area contributed by atoms with E-state index in [4.69, 9.17) is 11.6 Å². The molecule has 170 valence electrons. The number of carbonyl (C=O) groups excluding carboxylic acids is 3. The number of imide groups is 1. The van der Waals surface area contributed by atoms with Crippen molar-refractivity contribution >= 4 is 40.8 Å². The Balaban J connectivity index is 1.53. The van der Waals surface area contributed by atoms with E-state index in [1.165, 1.54) is 27.2 Å². The van der Waals surface area contributed by atoms with Gasteiger partial charge in [0.25, 0.3) is 5.91 Å². The number of nitrogens with one attached hydrogen (secondary N) is 1. The monoisotopic (exact) mass is 485 g/mol. The van der Waals surface area contributed by atoms with E-state index >= 15 is 0 Å². The Morgan fingerprint density at radius 2 is 2.15 bits per heavy atom. The molecule has 2 aromatic heterocycles. The maximum absolute atomic E-state index is 13.3. The largest absolute Gasteiger partial charge is 0.332 e. The minimum absolute atomic E-state index is 0.267. The summed E-state index contributed by atoms with van der Waals surface area (Å²) in [4.78, 5) is 42.4. The molecule has 0 radical (unpaired) electrons. The molecule has 1 fully saturated rings. The van der Waals surface area contributed by atoms with Gasteiger partial charge < -0.3 is 10.2 Å². The van der Waals surface area contributed by atoms with Crippen LogP contribution in [-0.4, -0.2) is 60.9 Å². The van der Waals surface area contributed by atoms with Gasteiger partial charge in [-0.15, -0.1) is 23.0 Å². The number of carbonyl (C=O) groups is 3. The fourth-order valence-electron chi connectivity index (χ4n) is 3.55. The number of urea groups is 1. The molecule has 4 rings (SSSR count). The van der Waals surface area contributed by atoms with Gasteiger partial charge in [-0.3, -0.25) is 14.5 Å². The predicted octanol–water partition coefficient (Wildman–Crippen LogP) is 2.36. The number of amides is 4. The van der Waals surface area contributed by atoms with Crippen LogP contribution in [0.3, 0.4) is 0 Å². The molecule has 3 aromatic rings. The second kappa shape index (κ2) is 9.12. The Kier molecular flexibility index (Phi) is 6.25. The lowest BCUT2D eigenvalue weighted by atomic mass is 9.91. The number of nitrogens with zero attached hydrogens (tertiary/aromatic N) is 6. The molecule has 0 unspecified atom stereocenters. The van der Waals surface area contributed by atoms with Crippen LogP contribution in [0.4, 0.5) is 4.79 Å². The smallest absolute Gasteiger partial charge is 0.325 e. The van der Waals surface area contributed by atoms with Gasteiger partial charge in [0.1, 0.15) is 18.4 Å². The van der Waals surface area contributed by atoms with Crippen molar-refractivity contribution in [2.45, 2.75) is 19.0 Å². The van der Waals surface area contributed by atoms with E-state index in [0.29, 0.717) is 22.1 Å². The normalized spacial score (nSPS) is 17.8. The van der Waals surface area contributed by atoms with Crippen LogP contribution in [0, 0.1) is 0 Å². The van der Waals surface area contributed by atoms with E-state index in [-0.39, 0.29) is 19.0 Å². The highest BCUT2D eigenvalue weighted by Crippen LogP contribution is 2.30. The predicted molar refractivity (Wildman–Crippen MR) is 122 cm³/mol. The summed E-state index contributed by atoms with van der Waals surface area (Å²) < 4.78 is 2.06. The second-order valence-corrected chi connectivity index (χ2v) is 9.32. The van der Waals surface area contributed by atoms with Crippen molar-refractivity contribution < 1.29 is 14.4 Å². The van der Waals surface area contributed by atoms with Crippen molar-refractivity contribution in [2.24, 2.45) is 0 Å². The van der Waals surface area contributed by atoms with Crippen LogP contribution >= 0.6 is 22.9 Å². The minimum Gasteiger partial charge on any atom is -0.332 e. The Hall–Kier alpha value is -3.57. The number of thiophene rings is 1. The van der Waals surface area contributed by atoms with Crippen LogP contribution in [-0.2, 0) is 21.7 Å². The van der Waals surface area contributed by atoms with Gasteiger partial charge in [-0.1, -0.05) is 29.8 Å². The number of benzene rings is 1. The van der Waals surface area contributed by atoms with Crippen molar-refractivity contribution in [3.05, 3.63) is 70.2 Å².